The number of thioether (sulfide) groups is 1. The number of para-hydroxylation sites is 1. The first kappa shape index (κ1) is 18.5. The van der Waals surface area contributed by atoms with Gasteiger partial charge in [-0.2, -0.15) is 0 Å². The van der Waals surface area contributed by atoms with E-state index in [-0.39, 0.29) is 5.91 Å². The van der Waals surface area contributed by atoms with Gasteiger partial charge in [0.25, 0.3) is 5.91 Å². The second-order valence-electron chi connectivity index (χ2n) is 6.30. The van der Waals surface area contributed by atoms with E-state index >= 15 is 0 Å². The minimum absolute atomic E-state index is 0.233. The van der Waals surface area contributed by atoms with E-state index in [4.69, 9.17) is 5.73 Å². The maximum atomic E-state index is 12.6. The molecule has 142 valence electrons. The summed E-state index contributed by atoms with van der Waals surface area (Å²) in [4.78, 5) is 24.1. The summed E-state index contributed by atoms with van der Waals surface area (Å²) < 4.78 is 1.96. The average molecular weight is 412 g/mol. The number of aromatic nitrogens is 3. The van der Waals surface area contributed by atoms with E-state index in [0.29, 0.717) is 15.7 Å². The smallest absolute Gasteiger partial charge is 0.251 e. The molecule has 0 saturated carbocycles. The summed E-state index contributed by atoms with van der Waals surface area (Å²) >= 11 is 2.57. The highest BCUT2D eigenvalue weighted by Gasteiger charge is 2.21. The Labute approximate surface area is 168 Å². The zero-order valence-electron chi connectivity index (χ0n) is 15.2. The van der Waals surface area contributed by atoms with Crippen molar-refractivity contribution < 1.29 is 9.59 Å². The summed E-state index contributed by atoms with van der Waals surface area (Å²) in [6.45, 7) is 3.83. The molecule has 0 aliphatic rings. The highest BCUT2D eigenvalue weighted by Crippen LogP contribution is 2.29. The predicted octanol–water partition coefficient (Wildman–Crippen LogP) is 3.47. The molecule has 0 aliphatic heterocycles. The van der Waals surface area contributed by atoms with Crippen LogP contribution in [0, 0.1) is 6.92 Å². The lowest BCUT2D eigenvalue weighted by Gasteiger charge is -2.12. The van der Waals surface area contributed by atoms with Crippen molar-refractivity contribution in [3.05, 3.63) is 52.9 Å². The number of benzene rings is 1. The summed E-state index contributed by atoms with van der Waals surface area (Å²) in [6.07, 6.45) is 0. The van der Waals surface area contributed by atoms with Crippen molar-refractivity contribution in [2.24, 2.45) is 5.73 Å². The third-order valence-electron chi connectivity index (χ3n) is 4.39. The molecule has 0 bridgehead atoms. The van der Waals surface area contributed by atoms with Gasteiger partial charge in [0.15, 0.2) is 10.8 Å². The molecular formula is C19H17N5O2S2. The van der Waals surface area contributed by atoms with Gasteiger partial charge in [0, 0.05) is 5.39 Å². The Morgan fingerprint density at radius 1 is 1.25 bits per heavy atom. The minimum atomic E-state index is -0.567. The Hall–Kier alpha value is -2.91. The number of primary amides is 1. The number of aryl methyl sites for hydroxylation is 1. The normalized spacial score (nSPS) is 12.4. The van der Waals surface area contributed by atoms with Crippen LogP contribution in [0.4, 0.5) is 5.00 Å². The first-order valence-corrected chi connectivity index (χ1v) is 10.3. The van der Waals surface area contributed by atoms with Crippen molar-refractivity contribution in [2.45, 2.75) is 24.3 Å². The number of anilines is 1. The number of hydrogen-bond donors (Lipinski definition) is 2. The lowest BCUT2D eigenvalue weighted by molar-refractivity contribution is -0.115. The summed E-state index contributed by atoms with van der Waals surface area (Å²) in [5.41, 5.74) is 8.50. The molecule has 0 unspecified atom stereocenters. The Morgan fingerprint density at radius 3 is 2.82 bits per heavy atom. The molecule has 0 fully saturated rings. The van der Waals surface area contributed by atoms with Crippen LogP contribution in [0.5, 0.6) is 0 Å². The molecule has 3 N–H and O–H groups in total. The van der Waals surface area contributed by atoms with Gasteiger partial charge in [-0.15, -0.1) is 21.5 Å². The van der Waals surface area contributed by atoms with Crippen LogP contribution in [0.15, 0.2) is 46.9 Å². The molecule has 0 saturated heterocycles. The van der Waals surface area contributed by atoms with E-state index in [1.165, 1.54) is 23.1 Å². The maximum Gasteiger partial charge on any atom is 0.251 e. The topological polar surface area (TPSA) is 102 Å². The Bertz CT molecular complexity index is 1210. The molecule has 0 aliphatic carbocycles. The van der Waals surface area contributed by atoms with Crippen LogP contribution in [-0.2, 0) is 4.79 Å². The molecule has 9 heteroatoms. The number of rotatable bonds is 5. The van der Waals surface area contributed by atoms with Gasteiger partial charge in [-0.25, -0.2) is 0 Å². The second-order valence-corrected chi connectivity index (χ2v) is 8.52. The molecule has 4 rings (SSSR count). The number of amides is 2. The number of thiophene rings is 1. The van der Waals surface area contributed by atoms with E-state index < -0.39 is 11.2 Å². The third kappa shape index (κ3) is 3.23. The van der Waals surface area contributed by atoms with Crippen molar-refractivity contribution in [3.8, 4) is 0 Å². The van der Waals surface area contributed by atoms with Gasteiger partial charge in [-0.3, -0.25) is 14.0 Å². The number of nitrogens with one attached hydrogen (secondary N) is 1. The number of hydrogen-bond acceptors (Lipinski definition) is 6. The lowest BCUT2D eigenvalue weighted by Crippen LogP contribution is -2.24. The van der Waals surface area contributed by atoms with Crippen LogP contribution >= 0.6 is 23.1 Å². The van der Waals surface area contributed by atoms with Crippen LogP contribution < -0.4 is 11.1 Å². The average Bonchev–Trinajstić information content (AvgIpc) is 3.29. The van der Waals surface area contributed by atoms with E-state index in [0.717, 1.165) is 22.1 Å². The van der Waals surface area contributed by atoms with Crippen molar-refractivity contribution >= 4 is 56.5 Å². The Morgan fingerprint density at radius 2 is 2.04 bits per heavy atom. The number of pyridine rings is 1. The molecule has 4 aromatic rings. The van der Waals surface area contributed by atoms with Gasteiger partial charge in [0.2, 0.25) is 5.91 Å². The fourth-order valence-electron chi connectivity index (χ4n) is 2.98. The van der Waals surface area contributed by atoms with Crippen LogP contribution in [0.1, 0.15) is 22.8 Å². The van der Waals surface area contributed by atoms with E-state index in [1.807, 2.05) is 35.6 Å². The predicted molar refractivity (Wildman–Crippen MR) is 112 cm³/mol. The van der Waals surface area contributed by atoms with Gasteiger partial charge in [-0.1, -0.05) is 30.0 Å². The highest BCUT2D eigenvalue weighted by molar-refractivity contribution is 8.00. The molecule has 0 radical (unpaired) electrons. The zero-order valence-corrected chi connectivity index (χ0v) is 16.8. The second kappa shape index (κ2) is 7.25. The van der Waals surface area contributed by atoms with Gasteiger partial charge in [0.1, 0.15) is 5.00 Å². The molecule has 0 spiro atoms. The summed E-state index contributed by atoms with van der Waals surface area (Å²) in [5, 5.41) is 14.8. The standard InChI is InChI=1S/C19H17N5O2S2/c1-10-9-15-22-23-19(24(15)14-6-4-3-5-12(10)14)28-11(2)17(26)21-18-13(16(20)25)7-8-27-18/h3-9,11H,1-2H3,(H2,20,25)(H,21,26)/t11-/m0/s1. The van der Waals surface area contributed by atoms with Crippen LogP contribution in [0.2, 0.25) is 0 Å². The number of carbonyl (C=O) groups is 2. The number of nitrogens with two attached hydrogens (primary N) is 1. The molecular weight excluding hydrogens is 394 g/mol. The molecule has 2 amide bonds. The quantitative estimate of drug-likeness (QED) is 0.490. The van der Waals surface area contributed by atoms with Gasteiger partial charge in [0.05, 0.1) is 16.3 Å². The maximum absolute atomic E-state index is 12.6. The van der Waals surface area contributed by atoms with Gasteiger partial charge >= 0.3 is 0 Å². The summed E-state index contributed by atoms with van der Waals surface area (Å²) in [5.74, 6) is -0.801. The fourth-order valence-corrected chi connectivity index (χ4v) is 4.64. The van der Waals surface area contributed by atoms with Crippen molar-refractivity contribution in [1.82, 2.24) is 14.6 Å². The molecule has 3 aromatic heterocycles. The van der Waals surface area contributed by atoms with Crippen molar-refractivity contribution in [1.29, 1.82) is 0 Å². The zero-order chi connectivity index (χ0) is 19.8. The van der Waals surface area contributed by atoms with E-state index in [2.05, 4.69) is 21.6 Å². The van der Waals surface area contributed by atoms with Crippen molar-refractivity contribution in [2.75, 3.05) is 5.32 Å². The first-order valence-electron chi connectivity index (χ1n) is 8.54. The lowest BCUT2D eigenvalue weighted by atomic mass is 10.1. The van der Waals surface area contributed by atoms with Crippen LogP contribution in [0.3, 0.4) is 0 Å². The Kier molecular flexibility index (Phi) is 4.78. The summed E-state index contributed by atoms with van der Waals surface area (Å²) in [7, 11) is 0. The van der Waals surface area contributed by atoms with Crippen LogP contribution in [-0.4, -0.2) is 31.7 Å². The molecule has 1 aromatic carbocycles. The van der Waals surface area contributed by atoms with Gasteiger partial charge < -0.3 is 11.1 Å². The molecule has 3 heterocycles. The highest BCUT2D eigenvalue weighted by atomic mass is 32.2. The van der Waals surface area contributed by atoms with Gasteiger partial charge in [-0.05, 0) is 43.0 Å². The Balaban J connectivity index is 1.63. The number of carbonyl (C=O) groups excluding carboxylic acids is 2. The SMILES string of the molecule is Cc1cc2nnc(S[C@@H](C)C(=O)Nc3sccc3C(N)=O)n2c2ccccc12. The first-order chi connectivity index (χ1) is 13.5. The monoisotopic (exact) mass is 411 g/mol. The number of nitrogens with zero attached hydrogens (tertiary/aromatic N) is 3. The molecule has 1 atom stereocenters. The molecule has 7 nitrogen and oxygen atoms in total. The van der Waals surface area contributed by atoms with E-state index in [9.17, 15) is 9.59 Å². The third-order valence-corrected chi connectivity index (χ3v) is 6.27. The van der Waals surface area contributed by atoms with E-state index in [1.54, 1.807) is 18.4 Å². The fraction of sp³-hybridized carbons (Fsp3) is 0.158. The minimum Gasteiger partial charge on any atom is -0.366 e. The molecule has 28 heavy (non-hydrogen) atoms. The summed E-state index contributed by atoms with van der Waals surface area (Å²) in [6, 6.07) is 11.6. The van der Waals surface area contributed by atoms with Crippen LogP contribution in [0.25, 0.3) is 16.6 Å². The van der Waals surface area contributed by atoms with Crippen molar-refractivity contribution in [3.63, 3.8) is 0 Å². The number of fused-ring (bicyclic) bond motifs is 3. The largest absolute Gasteiger partial charge is 0.366 e.